The van der Waals surface area contributed by atoms with Crippen LogP contribution in [0.1, 0.15) is 17.5 Å². The lowest BCUT2D eigenvalue weighted by atomic mass is 10.1. The van der Waals surface area contributed by atoms with E-state index in [1.165, 1.54) is 7.11 Å². The monoisotopic (exact) mass is 263 g/mol. The molecule has 0 radical (unpaired) electrons. The summed E-state index contributed by atoms with van der Waals surface area (Å²) in [5, 5.41) is 0. The molecule has 102 valence electrons. The van der Waals surface area contributed by atoms with E-state index in [1.807, 2.05) is 26.0 Å². The van der Waals surface area contributed by atoms with Crippen molar-refractivity contribution in [3.8, 4) is 5.75 Å². The Morgan fingerprint density at radius 2 is 2.16 bits per heavy atom. The molecular weight excluding hydrogens is 246 g/mol. The number of carbonyl (C=O) groups excluding carboxylic acids is 2. The Kier molecular flexibility index (Phi) is 3.74. The molecule has 1 aliphatic heterocycles. The first-order chi connectivity index (χ1) is 9.02. The highest BCUT2D eigenvalue weighted by molar-refractivity contribution is 5.98. The third-order valence-electron chi connectivity index (χ3n) is 3.10. The quantitative estimate of drug-likeness (QED) is 0.777. The van der Waals surface area contributed by atoms with Crippen LogP contribution in [-0.4, -0.2) is 32.1 Å². The van der Waals surface area contributed by atoms with Crippen molar-refractivity contribution in [3.63, 3.8) is 0 Å². The summed E-state index contributed by atoms with van der Waals surface area (Å²) in [7, 11) is 1.34. The smallest absolute Gasteiger partial charge is 0.307 e. The van der Waals surface area contributed by atoms with E-state index in [0.29, 0.717) is 6.54 Å². The minimum atomic E-state index is -0.329. The fourth-order valence-corrected chi connectivity index (χ4v) is 2.22. The van der Waals surface area contributed by atoms with Crippen molar-refractivity contribution >= 4 is 17.6 Å². The molecule has 0 unspecified atom stereocenters. The van der Waals surface area contributed by atoms with Gasteiger partial charge in [-0.05, 0) is 31.0 Å². The molecule has 1 aromatic rings. The van der Waals surface area contributed by atoms with E-state index in [4.69, 9.17) is 4.74 Å². The third-order valence-corrected chi connectivity index (χ3v) is 3.10. The summed E-state index contributed by atoms with van der Waals surface area (Å²) in [5.74, 6) is 0.252. The second kappa shape index (κ2) is 5.30. The van der Waals surface area contributed by atoms with Crippen LogP contribution in [0.5, 0.6) is 5.75 Å². The summed E-state index contributed by atoms with van der Waals surface area (Å²) in [6.45, 7) is 4.23. The van der Waals surface area contributed by atoms with E-state index in [9.17, 15) is 9.59 Å². The molecule has 0 fully saturated rings. The molecular formula is C14H17NO4. The SMILES string of the molecule is COC(=O)CCN1C(=O)COc2c(C)cc(C)cc21. The number of carbonyl (C=O) groups is 2. The maximum atomic E-state index is 11.9. The van der Waals surface area contributed by atoms with Crippen LogP contribution in [0.15, 0.2) is 12.1 Å². The Morgan fingerprint density at radius 3 is 2.84 bits per heavy atom. The van der Waals surface area contributed by atoms with E-state index in [1.54, 1.807) is 4.90 Å². The van der Waals surface area contributed by atoms with Gasteiger partial charge in [-0.1, -0.05) is 6.07 Å². The predicted octanol–water partition coefficient (Wildman–Crippen LogP) is 1.59. The Bertz CT molecular complexity index is 524. The Labute approximate surface area is 112 Å². The second-order valence-electron chi connectivity index (χ2n) is 4.59. The van der Waals surface area contributed by atoms with Gasteiger partial charge in [0.05, 0.1) is 19.2 Å². The number of hydrogen-bond acceptors (Lipinski definition) is 4. The highest BCUT2D eigenvalue weighted by atomic mass is 16.5. The standard InChI is InChI=1S/C14H17NO4/c1-9-6-10(2)14-11(7-9)15(12(16)8-19-14)5-4-13(17)18-3/h6-7H,4-5,8H2,1-3H3. The van der Waals surface area contributed by atoms with Crippen molar-refractivity contribution in [1.29, 1.82) is 0 Å². The predicted molar refractivity (Wildman–Crippen MR) is 70.4 cm³/mol. The lowest BCUT2D eigenvalue weighted by Crippen LogP contribution is -2.40. The van der Waals surface area contributed by atoms with Crippen molar-refractivity contribution in [3.05, 3.63) is 23.3 Å². The van der Waals surface area contributed by atoms with Crippen molar-refractivity contribution in [2.75, 3.05) is 25.2 Å². The summed E-state index contributed by atoms with van der Waals surface area (Å²) < 4.78 is 10.1. The first-order valence-corrected chi connectivity index (χ1v) is 6.14. The molecule has 1 aromatic carbocycles. The average Bonchev–Trinajstić information content (AvgIpc) is 2.36. The topological polar surface area (TPSA) is 55.8 Å². The second-order valence-corrected chi connectivity index (χ2v) is 4.59. The number of benzene rings is 1. The zero-order valence-corrected chi connectivity index (χ0v) is 11.4. The van der Waals surface area contributed by atoms with Gasteiger partial charge in [0, 0.05) is 6.54 Å². The Hall–Kier alpha value is -2.04. The van der Waals surface area contributed by atoms with Crippen LogP contribution >= 0.6 is 0 Å². The Morgan fingerprint density at radius 1 is 1.42 bits per heavy atom. The van der Waals surface area contributed by atoms with Gasteiger partial charge in [-0.15, -0.1) is 0 Å². The molecule has 2 rings (SSSR count). The number of nitrogens with zero attached hydrogens (tertiary/aromatic N) is 1. The van der Waals surface area contributed by atoms with E-state index in [0.717, 1.165) is 22.6 Å². The van der Waals surface area contributed by atoms with Gasteiger partial charge in [0.25, 0.3) is 5.91 Å². The van der Waals surface area contributed by atoms with Gasteiger partial charge < -0.3 is 14.4 Å². The first kappa shape index (κ1) is 13.4. The highest BCUT2D eigenvalue weighted by Crippen LogP contribution is 2.36. The molecule has 0 N–H and O–H groups in total. The number of amides is 1. The minimum Gasteiger partial charge on any atom is -0.481 e. The molecule has 5 heteroatoms. The molecule has 19 heavy (non-hydrogen) atoms. The summed E-state index contributed by atoms with van der Waals surface area (Å²) in [6, 6.07) is 3.91. The number of rotatable bonds is 3. The summed E-state index contributed by atoms with van der Waals surface area (Å²) in [6.07, 6.45) is 0.175. The van der Waals surface area contributed by atoms with Gasteiger partial charge in [0.1, 0.15) is 5.75 Å². The molecule has 0 aliphatic carbocycles. The van der Waals surface area contributed by atoms with Crippen molar-refractivity contribution in [2.24, 2.45) is 0 Å². The zero-order chi connectivity index (χ0) is 14.0. The van der Waals surface area contributed by atoms with Crippen LogP contribution in [0.3, 0.4) is 0 Å². The van der Waals surface area contributed by atoms with Gasteiger partial charge in [-0.3, -0.25) is 9.59 Å². The number of ether oxygens (including phenoxy) is 2. The molecule has 0 spiro atoms. The minimum absolute atomic E-state index is 0.0120. The number of anilines is 1. The lowest BCUT2D eigenvalue weighted by molar-refractivity contribution is -0.140. The van der Waals surface area contributed by atoms with Crippen LogP contribution in [0, 0.1) is 13.8 Å². The highest BCUT2D eigenvalue weighted by Gasteiger charge is 2.27. The van der Waals surface area contributed by atoms with Crippen molar-refractivity contribution in [1.82, 2.24) is 0 Å². The van der Waals surface area contributed by atoms with E-state index >= 15 is 0 Å². The average molecular weight is 263 g/mol. The summed E-state index contributed by atoms with van der Waals surface area (Å²) in [5.41, 5.74) is 2.78. The van der Waals surface area contributed by atoms with E-state index in [-0.39, 0.29) is 24.9 Å². The normalized spacial score (nSPS) is 13.8. The van der Waals surface area contributed by atoms with Gasteiger partial charge in [0.2, 0.25) is 0 Å². The molecule has 0 atom stereocenters. The molecule has 0 aromatic heterocycles. The number of hydrogen-bond donors (Lipinski definition) is 0. The summed E-state index contributed by atoms with van der Waals surface area (Å²) in [4.78, 5) is 24.7. The van der Waals surface area contributed by atoms with Crippen LogP contribution in [0.2, 0.25) is 0 Å². The lowest BCUT2D eigenvalue weighted by Gasteiger charge is -2.30. The van der Waals surface area contributed by atoms with Gasteiger partial charge >= 0.3 is 5.97 Å². The van der Waals surface area contributed by atoms with Crippen molar-refractivity contribution in [2.45, 2.75) is 20.3 Å². The molecule has 1 amide bonds. The fraction of sp³-hybridized carbons (Fsp3) is 0.429. The van der Waals surface area contributed by atoms with E-state index in [2.05, 4.69) is 4.74 Å². The Balaban J connectivity index is 2.30. The molecule has 0 bridgehead atoms. The van der Waals surface area contributed by atoms with Crippen LogP contribution in [0.25, 0.3) is 0 Å². The first-order valence-electron chi connectivity index (χ1n) is 6.14. The van der Waals surface area contributed by atoms with Gasteiger partial charge in [-0.2, -0.15) is 0 Å². The van der Waals surface area contributed by atoms with Gasteiger partial charge in [-0.25, -0.2) is 0 Å². The molecule has 1 aliphatic rings. The largest absolute Gasteiger partial charge is 0.481 e. The fourth-order valence-electron chi connectivity index (χ4n) is 2.22. The van der Waals surface area contributed by atoms with Crippen LogP contribution < -0.4 is 9.64 Å². The van der Waals surface area contributed by atoms with E-state index < -0.39 is 0 Å². The zero-order valence-electron chi connectivity index (χ0n) is 11.4. The third kappa shape index (κ3) is 2.70. The van der Waals surface area contributed by atoms with Crippen LogP contribution in [-0.2, 0) is 14.3 Å². The maximum absolute atomic E-state index is 11.9. The van der Waals surface area contributed by atoms with Crippen LogP contribution in [0.4, 0.5) is 5.69 Å². The molecule has 1 heterocycles. The number of aryl methyl sites for hydroxylation is 2. The molecule has 0 saturated heterocycles. The summed E-state index contributed by atoms with van der Waals surface area (Å²) >= 11 is 0. The molecule has 5 nitrogen and oxygen atoms in total. The van der Waals surface area contributed by atoms with Gasteiger partial charge in [0.15, 0.2) is 6.61 Å². The van der Waals surface area contributed by atoms with Crippen molar-refractivity contribution < 1.29 is 19.1 Å². The maximum Gasteiger partial charge on any atom is 0.307 e. The molecule has 0 saturated carbocycles. The number of methoxy groups -OCH3 is 1. The number of esters is 1. The number of fused-ring (bicyclic) bond motifs is 1.